The van der Waals surface area contributed by atoms with Crippen LogP contribution in [0.5, 0.6) is 0 Å². The molecule has 0 aliphatic carbocycles. The maximum absolute atomic E-state index is 14.0. The van der Waals surface area contributed by atoms with E-state index in [2.05, 4.69) is 30.6 Å². The van der Waals surface area contributed by atoms with E-state index in [9.17, 15) is 18.0 Å². The molecule has 2 N–H and O–H groups in total. The lowest BCUT2D eigenvalue weighted by atomic mass is 10.1. The Morgan fingerprint density at radius 1 is 0.950 bits per heavy atom. The highest BCUT2D eigenvalue weighted by molar-refractivity contribution is 6.05. The fraction of sp³-hybridized carbons (Fsp3) is 0.138. The molecular formula is C29H24F3N7O. The Balaban J connectivity index is 1.39. The Morgan fingerprint density at radius 3 is 2.48 bits per heavy atom. The number of rotatable bonds is 6. The van der Waals surface area contributed by atoms with Crippen LogP contribution in [0.2, 0.25) is 0 Å². The van der Waals surface area contributed by atoms with Gasteiger partial charge in [-0.25, -0.2) is 15.0 Å². The van der Waals surface area contributed by atoms with Crippen LogP contribution in [0.1, 0.15) is 33.0 Å². The maximum Gasteiger partial charge on any atom is 0.418 e. The van der Waals surface area contributed by atoms with E-state index in [1.807, 2.05) is 19.1 Å². The molecule has 0 atom stereocenters. The number of imidazole rings is 1. The standard InChI is InChI=1S/C29H24F3N7O/c1-17-6-7-20(13-25(17)38-28-34-12-10-24(37-28)21-5-4-11-33-15-21)27(40)36-22-8-9-26(23(14-22)29(30,31)32)39-16-18(2)35-19(39)3/h4-16H,1-3H3,(H,36,40)(H,34,37,38). The SMILES string of the molecule is Cc1cn(-c2ccc(NC(=O)c3ccc(C)c(Nc4nccc(-c5cccnc5)n4)c3)cc2C(F)(F)F)c(C)n1. The average molecular weight is 544 g/mol. The predicted molar refractivity (Wildman–Crippen MR) is 146 cm³/mol. The number of hydrogen-bond donors (Lipinski definition) is 2. The van der Waals surface area contributed by atoms with Crippen LogP contribution in [-0.4, -0.2) is 30.4 Å². The van der Waals surface area contributed by atoms with E-state index in [-0.39, 0.29) is 16.9 Å². The zero-order valence-corrected chi connectivity index (χ0v) is 21.8. The summed E-state index contributed by atoms with van der Waals surface area (Å²) in [5.41, 5.74) is 2.79. The zero-order chi connectivity index (χ0) is 28.4. The van der Waals surface area contributed by atoms with Gasteiger partial charge in [0.25, 0.3) is 5.91 Å². The number of aromatic nitrogens is 5. The van der Waals surface area contributed by atoms with Crippen LogP contribution >= 0.6 is 0 Å². The molecule has 11 heteroatoms. The van der Waals surface area contributed by atoms with Crippen LogP contribution in [0.25, 0.3) is 16.9 Å². The number of carbonyl (C=O) groups is 1. The number of hydrogen-bond acceptors (Lipinski definition) is 6. The Labute approximate surface area is 228 Å². The van der Waals surface area contributed by atoms with Crippen molar-refractivity contribution in [2.45, 2.75) is 26.9 Å². The molecule has 202 valence electrons. The molecule has 0 unspecified atom stereocenters. The number of aryl methyl sites for hydroxylation is 3. The van der Waals surface area contributed by atoms with Gasteiger partial charge in [0.2, 0.25) is 5.95 Å². The van der Waals surface area contributed by atoms with Crippen molar-refractivity contribution < 1.29 is 18.0 Å². The van der Waals surface area contributed by atoms with Gasteiger partial charge in [-0.15, -0.1) is 0 Å². The van der Waals surface area contributed by atoms with Crippen LogP contribution in [-0.2, 0) is 6.18 Å². The van der Waals surface area contributed by atoms with Crippen LogP contribution < -0.4 is 10.6 Å². The molecule has 0 saturated heterocycles. The lowest BCUT2D eigenvalue weighted by molar-refractivity contribution is -0.137. The van der Waals surface area contributed by atoms with Crippen LogP contribution in [0.15, 0.2) is 79.4 Å². The minimum atomic E-state index is -4.65. The molecular weight excluding hydrogens is 519 g/mol. The van der Waals surface area contributed by atoms with Gasteiger partial charge >= 0.3 is 6.18 Å². The predicted octanol–water partition coefficient (Wildman–Crippen LogP) is 6.66. The summed E-state index contributed by atoms with van der Waals surface area (Å²) >= 11 is 0. The highest BCUT2D eigenvalue weighted by Crippen LogP contribution is 2.36. The van der Waals surface area contributed by atoms with Gasteiger partial charge in [-0.2, -0.15) is 13.2 Å². The van der Waals surface area contributed by atoms with E-state index >= 15 is 0 Å². The molecule has 2 aromatic carbocycles. The second-order valence-electron chi connectivity index (χ2n) is 9.15. The summed E-state index contributed by atoms with van der Waals surface area (Å²) in [5.74, 6) is 0.176. The Morgan fingerprint density at radius 2 is 1.77 bits per heavy atom. The number of alkyl halides is 3. The van der Waals surface area contributed by atoms with Gasteiger partial charge < -0.3 is 15.2 Å². The Bertz CT molecular complexity index is 1700. The first-order valence-corrected chi connectivity index (χ1v) is 12.2. The lowest BCUT2D eigenvalue weighted by Crippen LogP contribution is -2.15. The van der Waals surface area contributed by atoms with Crippen LogP contribution in [0, 0.1) is 20.8 Å². The van der Waals surface area contributed by atoms with Crippen molar-refractivity contribution in [1.82, 2.24) is 24.5 Å². The first-order chi connectivity index (χ1) is 19.1. The van der Waals surface area contributed by atoms with E-state index in [1.54, 1.807) is 56.7 Å². The van der Waals surface area contributed by atoms with Gasteiger partial charge in [0.05, 0.1) is 22.6 Å². The van der Waals surface area contributed by atoms with Crippen molar-refractivity contribution in [2.75, 3.05) is 10.6 Å². The first-order valence-electron chi connectivity index (χ1n) is 12.2. The summed E-state index contributed by atoms with van der Waals surface area (Å²) in [7, 11) is 0. The molecule has 0 aliphatic heterocycles. The topological polar surface area (TPSA) is 97.6 Å². The van der Waals surface area contributed by atoms with Crippen molar-refractivity contribution in [3.8, 4) is 16.9 Å². The number of amides is 1. The fourth-order valence-corrected chi connectivity index (χ4v) is 4.23. The monoisotopic (exact) mass is 543 g/mol. The molecule has 8 nitrogen and oxygen atoms in total. The van der Waals surface area contributed by atoms with E-state index in [0.717, 1.165) is 17.2 Å². The van der Waals surface area contributed by atoms with Crippen molar-refractivity contribution in [2.24, 2.45) is 0 Å². The normalized spacial score (nSPS) is 11.3. The molecule has 1 amide bonds. The quantitative estimate of drug-likeness (QED) is 0.248. The van der Waals surface area contributed by atoms with Crippen molar-refractivity contribution in [1.29, 1.82) is 0 Å². The number of anilines is 3. The third-order valence-corrected chi connectivity index (χ3v) is 6.18. The van der Waals surface area contributed by atoms with Crippen molar-refractivity contribution >= 4 is 23.2 Å². The van der Waals surface area contributed by atoms with E-state index in [4.69, 9.17) is 0 Å². The van der Waals surface area contributed by atoms with Crippen LogP contribution in [0.4, 0.5) is 30.5 Å². The van der Waals surface area contributed by atoms with Crippen LogP contribution in [0.3, 0.4) is 0 Å². The van der Waals surface area contributed by atoms with Gasteiger partial charge in [-0.05, 0) is 74.9 Å². The largest absolute Gasteiger partial charge is 0.418 e. The van der Waals surface area contributed by atoms with Gasteiger partial charge in [-0.1, -0.05) is 6.07 Å². The number of nitrogens with one attached hydrogen (secondary N) is 2. The third-order valence-electron chi connectivity index (χ3n) is 6.18. The molecule has 3 aromatic heterocycles. The van der Waals surface area contributed by atoms with E-state index in [1.165, 1.54) is 22.9 Å². The summed E-state index contributed by atoms with van der Waals surface area (Å²) < 4.78 is 43.3. The summed E-state index contributed by atoms with van der Waals surface area (Å²) in [5, 5.41) is 5.70. The highest BCUT2D eigenvalue weighted by atomic mass is 19.4. The molecule has 5 aromatic rings. The number of carbonyl (C=O) groups excluding carboxylic acids is 1. The minimum absolute atomic E-state index is 0.0122. The zero-order valence-electron chi connectivity index (χ0n) is 21.8. The molecule has 5 rings (SSSR count). The second-order valence-corrected chi connectivity index (χ2v) is 9.15. The highest BCUT2D eigenvalue weighted by Gasteiger charge is 2.35. The number of pyridine rings is 1. The lowest BCUT2D eigenvalue weighted by Gasteiger charge is -2.17. The van der Waals surface area contributed by atoms with Gasteiger partial charge in [-0.3, -0.25) is 9.78 Å². The van der Waals surface area contributed by atoms with Gasteiger partial charge in [0, 0.05) is 47.3 Å². The molecule has 0 radical (unpaired) electrons. The molecule has 0 fully saturated rings. The second kappa shape index (κ2) is 10.6. The first kappa shape index (κ1) is 26.5. The Hall–Kier alpha value is -5.06. The molecule has 0 spiro atoms. The summed E-state index contributed by atoms with van der Waals surface area (Å²) in [6.07, 6.45) is 1.86. The summed E-state index contributed by atoms with van der Waals surface area (Å²) in [6, 6.07) is 14.0. The third kappa shape index (κ3) is 5.68. The summed E-state index contributed by atoms with van der Waals surface area (Å²) in [4.78, 5) is 30.2. The molecule has 0 bridgehead atoms. The molecule has 3 heterocycles. The minimum Gasteiger partial charge on any atom is -0.324 e. The smallest absolute Gasteiger partial charge is 0.324 e. The van der Waals surface area contributed by atoms with Crippen molar-refractivity contribution in [3.63, 3.8) is 0 Å². The number of nitrogens with zero attached hydrogens (tertiary/aromatic N) is 5. The average Bonchev–Trinajstić information content (AvgIpc) is 3.27. The van der Waals surface area contributed by atoms with Gasteiger partial charge in [0.15, 0.2) is 0 Å². The van der Waals surface area contributed by atoms with E-state index < -0.39 is 17.6 Å². The number of benzene rings is 2. The van der Waals surface area contributed by atoms with Crippen molar-refractivity contribution in [3.05, 3.63) is 108 Å². The maximum atomic E-state index is 14.0. The Kier molecular flexibility index (Phi) is 7.03. The molecule has 0 aliphatic rings. The van der Waals surface area contributed by atoms with Gasteiger partial charge in [0.1, 0.15) is 5.82 Å². The van der Waals surface area contributed by atoms with E-state index in [0.29, 0.717) is 28.8 Å². The number of halogens is 3. The summed E-state index contributed by atoms with van der Waals surface area (Å²) in [6.45, 7) is 5.19. The molecule has 0 saturated carbocycles. The molecule has 40 heavy (non-hydrogen) atoms. The fourth-order valence-electron chi connectivity index (χ4n) is 4.23.